The number of methoxy groups -OCH3 is 1. The van der Waals surface area contributed by atoms with E-state index in [1.54, 1.807) is 24.3 Å². The van der Waals surface area contributed by atoms with Gasteiger partial charge in [0.05, 0.1) is 44.4 Å². The predicted molar refractivity (Wildman–Crippen MR) is 272 cm³/mol. The molecule has 430 valence electrons. The average Bonchev–Trinajstić information content (AvgIpc) is 1.84. The summed E-state index contributed by atoms with van der Waals surface area (Å²) in [6, 6.07) is 21.2. The number of nitrogens with two attached hydrogens (primary N) is 4. The molecule has 19 N–H and O–H groups in total. The first kappa shape index (κ1) is 56.4. The molecule has 2 fully saturated rings. The number of ether oxygens (including phenoxy) is 3. The summed E-state index contributed by atoms with van der Waals surface area (Å²) in [4.78, 5) is 82.8. The molecule has 4 aliphatic heterocycles. The molecule has 6 heterocycles. The van der Waals surface area contributed by atoms with Crippen molar-refractivity contribution < 1.29 is 99.1 Å². The van der Waals surface area contributed by atoms with Gasteiger partial charge in [0, 0.05) is 40.3 Å². The van der Waals surface area contributed by atoms with Crippen LogP contribution in [0.3, 0.4) is 0 Å². The quantitative estimate of drug-likeness (QED) is 0.0480. The number of primary amides is 2. The zero-order chi connectivity index (χ0) is 59.6. The van der Waals surface area contributed by atoms with Crippen molar-refractivity contribution in [1.29, 1.82) is 0 Å². The molecule has 6 aromatic rings. The van der Waals surface area contributed by atoms with E-state index in [1.165, 1.54) is 60.3 Å². The number of rotatable bonds is 13. The maximum atomic E-state index is 14.3. The van der Waals surface area contributed by atoms with Crippen LogP contribution in [0.25, 0.3) is 11.4 Å². The van der Waals surface area contributed by atoms with E-state index >= 15 is 0 Å². The van der Waals surface area contributed by atoms with Crippen molar-refractivity contribution in [2.45, 2.75) is 59.9 Å². The van der Waals surface area contributed by atoms with Gasteiger partial charge in [-0.3, -0.25) is 50.0 Å². The molecule has 82 heavy (non-hydrogen) atoms. The number of aliphatic hydroxyl groups is 11. The summed E-state index contributed by atoms with van der Waals surface area (Å²) in [5, 5.41) is 125. The maximum absolute atomic E-state index is 14.3. The fraction of sp³-hybridized carbons (Fsp3) is 0.280. The minimum Gasteiger partial charge on any atom is -0.497 e. The molecule has 0 spiro atoms. The molecule has 2 unspecified atom stereocenters. The molecule has 2 atom stereocenters. The van der Waals surface area contributed by atoms with Crippen molar-refractivity contribution in [3.63, 3.8) is 0 Å². The number of carbonyl (C=O) groups excluding carboxylic acids is 6. The van der Waals surface area contributed by atoms with E-state index in [2.05, 4.69) is 10.2 Å². The second kappa shape index (κ2) is 19.1. The Morgan fingerprint density at radius 1 is 0.549 bits per heavy atom. The smallest absolute Gasteiger partial charge is 0.306 e. The lowest BCUT2D eigenvalue weighted by Gasteiger charge is -2.49. The van der Waals surface area contributed by atoms with Gasteiger partial charge in [-0.25, -0.2) is 9.36 Å². The highest BCUT2D eigenvalue weighted by Crippen LogP contribution is 2.41. The number of hydrogen-bond donors (Lipinski definition) is 15. The molecule has 2 aromatic heterocycles. The molecule has 0 saturated carbocycles. The Morgan fingerprint density at radius 2 is 0.988 bits per heavy atom. The Hall–Kier alpha value is -8.84. The largest absolute Gasteiger partial charge is 0.497 e. The highest BCUT2D eigenvalue weighted by Gasteiger charge is 2.71. The van der Waals surface area contributed by atoms with E-state index in [1.807, 2.05) is 0 Å². The molecule has 10 rings (SSSR count). The second-order valence-corrected chi connectivity index (χ2v) is 19.7. The van der Waals surface area contributed by atoms with Crippen LogP contribution in [0, 0.1) is 0 Å². The van der Waals surface area contributed by atoms with E-state index < -0.39 is 121 Å². The number of hydrogen-bond acceptors (Lipinski definition) is 24. The number of fused-ring (bicyclic) bond motifs is 2. The molecular formula is C50H50N12O20. The van der Waals surface area contributed by atoms with Crippen LogP contribution in [0.15, 0.2) is 97.1 Å². The Morgan fingerprint density at radius 3 is 1.49 bits per heavy atom. The number of β-amino-alcohol motifs (C(OH)–C–C–N with tert-alkyl or cyclic N) is 2. The summed E-state index contributed by atoms with van der Waals surface area (Å²) >= 11 is 0. The molecule has 0 bridgehead atoms. The van der Waals surface area contributed by atoms with Crippen LogP contribution in [0.5, 0.6) is 11.5 Å². The number of anilines is 4. The normalized spacial score (nSPS) is 22.4. The molecule has 32 heteroatoms. The lowest BCUT2D eigenvalue weighted by Crippen LogP contribution is -2.80. The van der Waals surface area contributed by atoms with E-state index in [9.17, 15) is 84.9 Å². The minimum atomic E-state index is -4.13. The van der Waals surface area contributed by atoms with Gasteiger partial charge >= 0.3 is 5.79 Å². The average molecular weight is 1140 g/mol. The monoisotopic (exact) mass is 1140 g/mol. The molecule has 6 amide bonds. The van der Waals surface area contributed by atoms with Gasteiger partial charge in [-0.2, -0.15) is 10.2 Å². The Balaban J connectivity index is 0.841. The summed E-state index contributed by atoms with van der Waals surface area (Å²) in [5.41, 5.74) is 19.9. The van der Waals surface area contributed by atoms with Crippen molar-refractivity contribution in [1.82, 2.24) is 19.6 Å². The first-order valence-electron chi connectivity index (χ1n) is 24.2. The molecule has 0 radical (unpaired) electrons. The third-order valence-corrected chi connectivity index (χ3v) is 14.4. The number of aromatic nitrogens is 4. The van der Waals surface area contributed by atoms with Crippen molar-refractivity contribution in [3.8, 4) is 22.9 Å². The molecule has 32 nitrogen and oxygen atoms in total. The molecular weight excluding hydrogens is 1090 g/mol. The van der Waals surface area contributed by atoms with E-state index in [0.717, 1.165) is 38.7 Å². The van der Waals surface area contributed by atoms with Crippen LogP contribution < -0.4 is 52.0 Å². The van der Waals surface area contributed by atoms with Crippen LogP contribution >= 0.6 is 0 Å². The lowest BCUT2D eigenvalue weighted by atomic mass is 9.89. The SMILES string of the molecule is COc1ccc(-n2nc(C(N)=O)c3c2C(=O)N(c2ccc(N4CC(N)(OCOc5ccc(-n6nc(C(N)=O)c7c6C(=O)N(c6ccc(N8CC(O)(O)C(O)(O)C(O)(O)C8=O)cc6)C(O)(O)C7)cc5)C(O)(O)CC4=O)cc2)C(N)(O)C3)cc1. The number of piperidine rings is 2. The second-order valence-electron chi connectivity index (χ2n) is 19.7. The predicted octanol–water partition coefficient (Wildman–Crippen LogP) is -5.57. The number of carbonyl (C=O) groups is 6. The minimum absolute atomic E-state index is 0.00294. The third kappa shape index (κ3) is 8.92. The molecule has 4 aromatic carbocycles. The molecule has 4 aliphatic rings. The van der Waals surface area contributed by atoms with Gasteiger partial charge in [-0.05, 0) is 97.1 Å². The summed E-state index contributed by atoms with van der Waals surface area (Å²) < 4.78 is 18.8. The van der Waals surface area contributed by atoms with Crippen LogP contribution in [0.4, 0.5) is 22.7 Å². The number of nitrogens with zero attached hydrogens (tertiary/aromatic N) is 8. The van der Waals surface area contributed by atoms with Gasteiger partial charge < -0.3 is 91.6 Å². The Bertz CT molecular complexity index is 3620. The first-order chi connectivity index (χ1) is 38.3. The molecule has 2 saturated heterocycles. The van der Waals surface area contributed by atoms with Crippen molar-refractivity contribution in [2.24, 2.45) is 22.9 Å². The Labute approximate surface area is 459 Å². The van der Waals surface area contributed by atoms with Crippen molar-refractivity contribution in [2.75, 3.05) is 46.6 Å². The van der Waals surface area contributed by atoms with E-state index in [-0.39, 0.29) is 62.4 Å². The zero-order valence-corrected chi connectivity index (χ0v) is 42.5. The van der Waals surface area contributed by atoms with Crippen LogP contribution in [-0.4, -0.2) is 179 Å². The Kier molecular flexibility index (Phi) is 13.2. The van der Waals surface area contributed by atoms with Gasteiger partial charge in [0.25, 0.3) is 41.2 Å². The number of amides is 6. The zero-order valence-electron chi connectivity index (χ0n) is 42.5. The maximum Gasteiger partial charge on any atom is 0.306 e. The van der Waals surface area contributed by atoms with Crippen LogP contribution in [0.1, 0.15) is 59.5 Å². The summed E-state index contributed by atoms with van der Waals surface area (Å²) in [7, 11) is 1.46. The fourth-order valence-electron chi connectivity index (χ4n) is 10.0. The third-order valence-electron chi connectivity index (χ3n) is 14.4. The van der Waals surface area contributed by atoms with Gasteiger partial charge in [-0.1, -0.05) is 0 Å². The highest BCUT2D eigenvalue weighted by atomic mass is 16.7. The van der Waals surface area contributed by atoms with Crippen LogP contribution in [0.2, 0.25) is 0 Å². The lowest BCUT2D eigenvalue weighted by molar-refractivity contribution is -0.440. The van der Waals surface area contributed by atoms with Gasteiger partial charge in [0.2, 0.25) is 23.3 Å². The highest BCUT2D eigenvalue weighted by molar-refractivity contribution is 6.12. The van der Waals surface area contributed by atoms with Gasteiger partial charge in [-0.15, -0.1) is 0 Å². The van der Waals surface area contributed by atoms with E-state index in [4.69, 9.17) is 37.1 Å². The first-order valence-corrected chi connectivity index (χ1v) is 24.2. The van der Waals surface area contributed by atoms with Gasteiger partial charge in [0.1, 0.15) is 22.9 Å². The van der Waals surface area contributed by atoms with Gasteiger partial charge in [0.15, 0.2) is 23.9 Å². The van der Waals surface area contributed by atoms with E-state index in [0.29, 0.717) is 21.2 Å². The molecule has 0 aliphatic carbocycles. The summed E-state index contributed by atoms with van der Waals surface area (Å²) in [6.07, 6.45) is -2.31. The standard InChI is InChI=1S/C50H50N12O20/c1-80-30-14-10-28(11-15-30)61-37-32(35(55-61)39(51)64)18-47(54,73)59(41(37)66)26-6-2-24(3-7-26)57-21-44(53,45(69,70)20-34(57)63)82-23-81-31-16-12-29(13-17-31)62-38-33(36(56-62)40(52)65)19-48(74,75)60(42(38)67)27-8-4-25(5-9-27)58-22-46(71,72)50(78,79)49(76,77)43(58)68/h2-17,69-79H,18-23,53-54H2,1H3,(H2,51,64)(H2,52,65). The summed E-state index contributed by atoms with van der Waals surface area (Å²) in [5.74, 6) is -26.7. The van der Waals surface area contributed by atoms with Crippen LogP contribution in [-0.2, 0) is 27.2 Å². The van der Waals surface area contributed by atoms with Crippen molar-refractivity contribution in [3.05, 3.63) is 131 Å². The fourth-order valence-corrected chi connectivity index (χ4v) is 10.0. The topological polar surface area (TPSA) is 505 Å². The number of benzene rings is 4. The van der Waals surface area contributed by atoms with Crippen molar-refractivity contribution >= 4 is 58.2 Å². The summed E-state index contributed by atoms with van der Waals surface area (Å²) in [6.45, 7) is -2.77.